The number of para-hydroxylation sites is 1. The SMILES string of the molecule is N#C/C(=C/Nc1ccc(N)cc1)C(=O)Nc1ccc(Oc2ccccc2)cc1. The highest BCUT2D eigenvalue weighted by Crippen LogP contribution is 2.22. The predicted molar refractivity (Wildman–Crippen MR) is 110 cm³/mol. The minimum absolute atomic E-state index is 0.0542. The molecule has 3 rings (SSSR count). The van der Waals surface area contributed by atoms with E-state index in [0.29, 0.717) is 17.1 Å². The molecule has 0 unspecified atom stereocenters. The third kappa shape index (κ3) is 5.13. The molecule has 0 spiro atoms. The first-order chi connectivity index (χ1) is 13.6. The number of carbonyl (C=O) groups is 1. The van der Waals surface area contributed by atoms with E-state index in [1.165, 1.54) is 6.20 Å². The summed E-state index contributed by atoms with van der Waals surface area (Å²) in [4.78, 5) is 12.3. The van der Waals surface area contributed by atoms with Gasteiger partial charge in [-0.3, -0.25) is 4.79 Å². The van der Waals surface area contributed by atoms with E-state index < -0.39 is 5.91 Å². The Bertz CT molecular complexity index is 1010. The number of hydrogen-bond acceptors (Lipinski definition) is 5. The molecule has 0 bridgehead atoms. The molecule has 4 N–H and O–H groups in total. The van der Waals surface area contributed by atoms with E-state index in [0.717, 1.165) is 11.4 Å². The zero-order valence-electron chi connectivity index (χ0n) is 14.9. The fourth-order valence-electron chi connectivity index (χ4n) is 2.31. The number of nitrogen functional groups attached to an aromatic ring is 1. The molecule has 0 aromatic heterocycles. The Hall–Kier alpha value is -4.24. The fraction of sp³-hybridized carbons (Fsp3) is 0. The van der Waals surface area contributed by atoms with Gasteiger partial charge >= 0.3 is 0 Å². The first-order valence-electron chi connectivity index (χ1n) is 8.51. The molecule has 3 aromatic rings. The Morgan fingerprint density at radius 3 is 2.14 bits per heavy atom. The quantitative estimate of drug-likeness (QED) is 0.336. The molecule has 0 aliphatic heterocycles. The van der Waals surface area contributed by atoms with Gasteiger partial charge in [0, 0.05) is 23.3 Å². The highest BCUT2D eigenvalue weighted by atomic mass is 16.5. The summed E-state index contributed by atoms with van der Waals surface area (Å²) in [7, 11) is 0. The van der Waals surface area contributed by atoms with Crippen LogP contribution in [0.25, 0.3) is 0 Å². The van der Waals surface area contributed by atoms with Crippen molar-refractivity contribution in [1.82, 2.24) is 0 Å². The summed E-state index contributed by atoms with van der Waals surface area (Å²) in [6, 6.07) is 25.1. The van der Waals surface area contributed by atoms with Crippen LogP contribution in [0.15, 0.2) is 90.6 Å². The highest BCUT2D eigenvalue weighted by Gasteiger charge is 2.09. The molecule has 6 heteroatoms. The van der Waals surface area contributed by atoms with Crippen LogP contribution in [0.5, 0.6) is 11.5 Å². The molecule has 28 heavy (non-hydrogen) atoms. The van der Waals surface area contributed by atoms with E-state index in [1.54, 1.807) is 48.5 Å². The van der Waals surface area contributed by atoms with Crippen LogP contribution in [0.4, 0.5) is 17.1 Å². The second-order valence-corrected chi connectivity index (χ2v) is 5.83. The molecule has 0 saturated heterocycles. The fourth-order valence-corrected chi connectivity index (χ4v) is 2.31. The van der Waals surface area contributed by atoms with Crippen LogP contribution in [0, 0.1) is 11.3 Å². The molecule has 0 fully saturated rings. The van der Waals surface area contributed by atoms with Gasteiger partial charge in [0.1, 0.15) is 23.1 Å². The number of rotatable bonds is 6. The summed E-state index contributed by atoms with van der Waals surface area (Å²) in [6.07, 6.45) is 1.35. The molecule has 0 aliphatic rings. The number of amides is 1. The lowest BCUT2D eigenvalue weighted by Gasteiger charge is -2.08. The lowest BCUT2D eigenvalue weighted by atomic mass is 10.2. The number of nitrogens with zero attached hydrogens (tertiary/aromatic N) is 1. The van der Waals surface area contributed by atoms with Crippen molar-refractivity contribution in [2.45, 2.75) is 0 Å². The Balaban J connectivity index is 1.61. The third-order valence-corrected chi connectivity index (χ3v) is 3.75. The van der Waals surface area contributed by atoms with Crippen molar-refractivity contribution in [3.63, 3.8) is 0 Å². The maximum atomic E-state index is 12.3. The maximum absolute atomic E-state index is 12.3. The number of nitrogens with two attached hydrogens (primary N) is 1. The van der Waals surface area contributed by atoms with Gasteiger partial charge in [0.2, 0.25) is 0 Å². The van der Waals surface area contributed by atoms with E-state index >= 15 is 0 Å². The number of ether oxygens (including phenoxy) is 1. The number of benzene rings is 3. The number of nitrogens with one attached hydrogen (secondary N) is 2. The summed E-state index contributed by atoms with van der Waals surface area (Å²) < 4.78 is 5.71. The first kappa shape index (κ1) is 18.5. The zero-order chi connectivity index (χ0) is 19.8. The minimum atomic E-state index is -0.512. The van der Waals surface area contributed by atoms with Gasteiger partial charge in [-0.1, -0.05) is 18.2 Å². The molecule has 3 aromatic carbocycles. The Morgan fingerprint density at radius 1 is 0.893 bits per heavy atom. The van der Waals surface area contributed by atoms with Crippen LogP contribution in [0.2, 0.25) is 0 Å². The van der Waals surface area contributed by atoms with Crippen LogP contribution in [-0.4, -0.2) is 5.91 Å². The van der Waals surface area contributed by atoms with E-state index in [4.69, 9.17) is 10.5 Å². The molecule has 1 amide bonds. The Labute approximate surface area is 162 Å². The summed E-state index contributed by atoms with van der Waals surface area (Å²) >= 11 is 0. The lowest BCUT2D eigenvalue weighted by Crippen LogP contribution is -2.14. The highest BCUT2D eigenvalue weighted by molar-refractivity contribution is 6.06. The number of carbonyl (C=O) groups excluding carboxylic acids is 1. The van der Waals surface area contributed by atoms with E-state index in [2.05, 4.69) is 10.6 Å². The standard InChI is InChI=1S/C22H18N4O2/c23-14-16(15-25-18-8-6-17(24)7-9-18)22(27)26-19-10-12-21(13-11-19)28-20-4-2-1-3-5-20/h1-13,15,25H,24H2,(H,26,27)/b16-15-. The van der Waals surface area contributed by atoms with Crippen molar-refractivity contribution in [3.05, 3.63) is 90.6 Å². The predicted octanol–water partition coefficient (Wildman–Crippen LogP) is 4.52. The molecule has 0 atom stereocenters. The molecule has 0 aliphatic carbocycles. The topological polar surface area (TPSA) is 100 Å². The summed E-state index contributed by atoms with van der Waals surface area (Å²) in [5.74, 6) is 0.857. The first-order valence-corrected chi connectivity index (χ1v) is 8.51. The molecular formula is C22H18N4O2. The number of anilines is 3. The second-order valence-electron chi connectivity index (χ2n) is 5.83. The lowest BCUT2D eigenvalue weighted by molar-refractivity contribution is -0.112. The summed E-state index contributed by atoms with van der Waals surface area (Å²) in [6.45, 7) is 0. The summed E-state index contributed by atoms with van der Waals surface area (Å²) in [5.41, 5.74) is 7.48. The number of nitriles is 1. The van der Waals surface area contributed by atoms with E-state index in [-0.39, 0.29) is 5.57 Å². The van der Waals surface area contributed by atoms with Crippen molar-refractivity contribution in [2.24, 2.45) is 0 Å². The molecule has 0 heterocycles. The van der Waals surface area contributed by atoms with Gasteiger partial charge in [-0.2, -0.15) is 5.26 Å². The Kier molecular flexibility index (Phi) is 5.91. The van der Waals surface area contributed by atoms with Crippen molar-refractivity contribution in [3.8, 4) is 17.6 Å². The Morgan fingerprint density at radius 2 is 1.50 bits per heavy atom. The largest absolute Gasteiger partial charge is 0.457 e. The maximum Gasteiger partial charge on any atom is 0.267 e. The average molecular weight is 370 g/mol. The third-order valence-electron chi connectivity index (χ3n) is 3.75. The molecule has 138 valence electrons. The van der Waals surface area contributed by atoms with Crippen molar-refractivity contribution in [2.75, 3.05) is 16.4 Å². The van der Waals surface area contributed by atoms with Crippen molar-refractivity contribution in [1.29, 1.82) is 5.26 Å². The number of hydrogen-bond donors (Lipinski definition) is 3. The van der Waals surface area contributed by atoms with Gasteiger partial charge in [0.05, 0.1) is 0 Å². The molecule has 6 nitrogen and oxygen atoms in total. The second kappa shape index (κ2) is 8.92. The zero-order valence-corrected chi connectivity index (χ0v) is 14.9. The van der Waals surface area contributed by atoms with Gasteiger partial charge < -0.3 is 21.1 Å². The van der Waals surface area contributed by atoms with Gasteiger partial charge in [-0.15, -0.1) is 0 Å². The van der Waals surface area contributed by atoms with Crippen LogP contribution in [-0.2, 0) is 4.79 Å². The molecular weight excluding hydrogens is 352 g/mol. The van der Waals surface area contributed by atoms with E-state index in [9.17, 15) is 10.1 Å². The van der Waals surface area contributed by atoms with Gasteiger partial charge in [0.15, 0.2) is 0 Å². The normalized spacial score (nSPS) is 10.6. The van der Waals surface area contributed by atoms with Gasteiger partial charge in [-0.05, 0) is 60.7 Å². The summed E-state index contributed by atoms with van der Waals surface area (Å²) in [5, 5.41) is 14.8. The average Bonchev–Trinajstić information content (AvgIpc) is 2.72. The van der Waals surface area contributed by atoms with Gasteiger partial charge in [0.25, 0.3) is 5.91 Å². The van der Waals surface area contributed by atoms with E-state index in [1.807, 2.05) is 36.4 Å². The van der Waals surface area contributed by atoms with Crippen LogP contribution in [0.1, 0.15) is 0 Å². The molecule has 0 saturated carbocycles. The van der Waals surface area contributed by atoms with Crippen molar-refractivity contribution < 1.29 is 9.53 Å². The smallest absolute Gasteiger partial charge is 0.267 e. The van der Waals surface area contributed by atoms with Crippen LogP contribution >= 0.6 is 0 Å². The van der Waals surface area contributed by atoms with Gasteiger partial charge in [-0.25, -0.2) is 0 Å². The van der Waals surface area contributed by atoms with Crippen LogP contribution < -0.4 is 21.1 Å². The molecule has 0 radical (unpaired) electrons. The monoisotopic (exact) mass is 370 g/mol. The van der Waals surface area contributed by atoms with Crippen LogP contribution in [0.3, 0.4) is 0 Å². The minimum Gasteiger partial charge on any atom is -0.457 e. The van der Waals surface area contributed by atoms with Crippen molar-refractivity contribution >= 4 is 23.0 Å².